The van der Waals surface area contributed by atoms with Crippen molar-refractivity contribution in [1.29, 1.82) is 0 Å². The Morgan fingerprint density at radius 1 is 1.86 bits per heavy atom. The first kappa shape index (κ1) is 5.83. The smallest absolute Gasteiger partial charge is 0.237 e. The average Bonchev–Trinajstić information content (AvgIpc) is 2.14. The molecule has 1 aliphatic heterocycles. The molecule has 0 aromatic rings. The van der Waals surface area contributed by atoms with Gasteiger partial charge in [0.25, 0.3) is 0 Å². The van der Waals surface area contributed by atoms with Crippen LogP contribution >= 0.6 is 19.0 Å². The molecular formula is C3H7O2PS. The Morgan fingerprint density at radius 2 is 2.71 bits per heavy atom. The summed E-state index contributed by atoms with van der Waals surface area (Å²) < 4.78 is 10.0. The first-order valence-electron chi connectivity index (χ1n) is 2.03. The Hall–Kier alpha value is 0.700. The minimum absolute atomic E-state index is 0.526. The summed E-state index contributed by atoms with van der Waals surface area (Å²) >= 11 is 1.76. The van der Waals surface area contributed by atoms with Crippen molar-refractivity contribution in [3.05, 3.63) is 0 Å². The summed E-state index contributed by atoms with van der Waals surface area (Å²) in [5.74, 6) is 1.10. The van der Waals surface area contributed by atoms with Crippen LogP contribution in [0.2, 0.25) is 0 Å². The molecule has 0 spiro atoms. The van der Waals surface area contributed by atoms with Crippen molar-refractivity contribution in [2.24, 2.45) is 0 Å². The fourth-order valence-electron chi connectivity index (χ4n) is 0.366. The van der Waals surface area contributed by atoms with Crippen molar-refractivity contribution in [1.82, 2.24) is 0 Å². The maximum absolute atomic E-state index is 5.11. The number of hydrogen-bond donors (Lipinski definition) is 0. The fourth-order valence-corrected chi connectivity index (χ4v) is 2.76. The molecule has 1 unspecified atom stereocenters. The Labute approximate surface area is 48.2 Å². The molecular weight excluding hydrogens is 131 g/mol. The Bertz CT molecular complexity index is 54.9. The van der Waals surface area contributed by atoms with E-state index in [1.54, 1.807) is 18.5 Å². The molecule has 1 fully saturated rings. The molecule has 2 nitrogen and oxygen atoms in total. The summed E-state index contributed by atoms with van der Waals surface area (Å²) in [4.78, 5) is 0. The third kappa shape index (κ3) is 1.57. The lowest BCUT2D eigenvalue weighted by atomic mass is 10.9. The van der Waals surface area contributed by atoms with E-state index in [0.29, 0.717) is 0 Å². The number of hydrogen-bond acceptors (Lipinski definition) is 3. The summed E-state index contributed by atoms with van der Waals surface area (Å²) in [6.45, 7) is 0.865. The van der Waals surface area contributed by atoms with Crippen LogP contribution in [-0.4, -0.2) is 19.5 Å². The Morgan fingerprint density at radius 3 is 3.00 bits per heavy atom. The molecule has 0 aliphatic carbocycles. The highest BCUT2D eigenvalue weighted by molar-refractivity contribution is 8.53. The van der Waals surface area contributed by atoms with Gasteiger partial charge in [0.2, 0.25) is 7.58 Å². The van der Waals surface area contributed by atoms with Gasteiger partial charge >= 0.3 is 0 Å². The molecule has 7 heavy (non-hydrogen) atoms. The SMILES string of the molecule is COP1OCCS1. The molecule has 0 aromatic heterocycles. The summed E-state index contributed by atoms with van der Waals surface area (Å²) in [6.07, 6.45) is 0. The standard InChI is InChI=1S/C3H7O2PS/c1-4-6-5-2-3-7-6/h2-3H2,1H3. The predicted octanol–water partition coefficient (Wildman–Crippen LogP) is 1.62. The first-order chi connectivity index (χ1) is 3.43. The third-order valence-electron chi connectivity index (χ3n) is 0.626. The van der Waals surface area contributed by atoms with Crippen LogP contribution in [0.25, 0.3) is 0 Å². The molecule has 4 heteroatoms. The summed E-state index contributed by atoms with van der Waals surface area (Å²) in [5, 5.41) is 0. The van der Waals surface area contributed by atoms with Crippen LogP contribution in [0.1, 0.15) is 0 Å². The van der Waals surface area contributed by atoms with Crippen molar-refractivity contribution in [2.75, 3.05) is 19.5 Å². The minimum atomic E-state index is -0.526. The second kappa shape index (κ2) is 2.88. The van der Waals surface area contributed by atoms with Crippen molar-refractivity contribution in [3.8, 4) is 0 Å². The lowest BCUT2D eigenvalue weighted by Crippen LogP contribution is -1.76. The van der Waals surface area contributed by atoms with Gasteiger partial charge in [-0.2, -0.15) is 0 Å². The molecule has 0 bridgehead atoms. The maximum atomic E-state index is 5.11. The van der Waals surface area contributed by atoms with Gasteiger partial charge in [-0.05, 0) is 0 Å². The largest absolute Gasteiger partial charge is 0.329 e. The van der Waals surface area contributed by atoms with Crippen LogP contribution in [0.4, 0.5) is 0 Å². The van der Waals surface area contributed by atoms with Gasteiger partial charge in [-0.1, -0.05) is 11.4 Å². The molecule has 0 aromatic carbocycles. The fraction of sp³-hybridized carbons (Fsp3) is 1.00. The number of rotatable bonds is 1. The van der Waals surface area contributed by atoms with Gasteiger partial charge in [0, 0.05) is 12.9 Å². The van der Waals surface area contributed by atoms with Crippen LogP contribution in [-0.2, 0) is 9.05 Å². The molecule has 0 radical (unpaired) electrons. The normalized spacial score (nSPS) is 31.3. The maximum Gasteiger partial charge on any atom is 0.237 e. The van der Waals surface area contributed by atoms with E-state index in [1.807, 2.05) is 0 Å². The van der Waals surface area contributed by atoms with E-state index in [2.05, 4.69) is 0 Å². The van der Waals surface area contributed by atoms with Crippen LogP contribution < -0.4 is 0 Å². The van der Waals surface area contributed by atoms with Gasteiger partial charge in [-0.15, -0.1) is 0 Å². The van der Waals surface area contributed by atoms with Crippen molar-refractivity contribution in [2.45, 2.75) is 0 Å². The van der Waals surface area contributed by atoms with E-state index in [0.717, 1.165) is 12.4 Å². The van der Waals surface area contributed by atoms with Crippen LogP contribution in [0.15, 0.2) is 0 Å². The molecule has 1 aliphatic rings. The molecule has 0 saturated carbocycles. The van der Waals surface area contributed by atoms with Crippen molar-refractivity contribution < 1.29 is 9.05 Å². The second-order valence-corrected chi connectivity index (χ2v) is 4.48. The third-order valence-corrected chi connectivity index (χ3v) is 3.82. The predicted molar refractivity (Wildman–Crippen MR) is 32.3 cm³/mol. The van der Waals surface area contributed by atoms with Gasteiger partial charge in [0.15, 0.2) is 0 Å². The molecule has 1 atom stereocenters. The molecule has 1 rings (SSSR count). The van der Waals surface area contributed by atoms with Crippen molar-refractivity contribution in [3.63, 3.8) is 0 Å². The quantitative estimate of drug-likeness (QED) is 0.513. The van der Waals surface area contributed by atoms with E-state index in [9.17, 15) is 0 Å². The zero-order chi connectivity index (χ0) is 5.11. The van der Waals surface area contributed by atoms with E-state index >= 15 is 0 Å². The zero-order valence-electron chi connectivity index (χ0n) is 4.09. The Kier molecular flexibility index (Phi) is 2.40. The van der Waals surface area contributed by atoms with Gasteiger partial charge in [0.05, 0.1) is 6.61 Å². The van der Waals surface area contributed by atoms with Gasteiger partial charge in [-0.3, -0.25) is 0 Å². The molecule has 0 amide bonds. The lowest BCUT2D eigenvalue weighted by Gasteiger charge is -1.99. The molecule has 1 saturated heterocycles. The van der Waals surface area contributed by atoms with E-state index in [1.165, 1.54) is 0 Å². The van der Waals surface area contributed by atoms with E-state index < -0.39 is 7.58 Å². The topological polar surface area (TPSA) is 18.5 Å². The summed E-state index contributed by atoms with van der Waals surface area (Å²) in [7, 11) is 1.16. The van der Waals surface area contributed by atoms with E-state index in [-0.39, 0.29) is 0 Å². The van der Waals surface area contributed by atoms with Crippen molar-refractivity contribution >= 4 is 19.0 Å². The molecule has 42 valence electrons. The Balaban J connectivity index is 2.14. The van der Waals surface area contributed by atoms with E-state index in [4.69, 9.17) is 9.05 Å². The van der Waals surface area contributed by atoms with Crippen LogP contribution in [0, 0.1) is 0 Å². The average molecular weight is 138 g/mol. The highest BCUT2D eigenvalue weighted by Crippen LogP contribution is 2.55. The molecule has 0 N–H and O–H groups in total. The molecule has 1 heterocycles. The van der Waals surface area contributed by atoms with Gasteiger partial charge in [0.1, 0.15) is 0 Å². The van der Waals surface area contributed by atoms with Gasteiger partial charge in [-0.25, -0.2) is 0 Å². The first-order valence-corrected chi connectivity index (χ1v) is 4.80. The minimum Gasteiger partial charge on any atom is -0.329 e. The highest BCUT2D eigenvalue weighted by Gasteiger charge is 2.15. The van der Waals surface area contributed by atoms with Crippen LogP contribution in [0.3, 0.4) is 0 Å². The monoisotopic (exact) mass is 138 g/mol. The van der Waals surface area contributed by atoms with Gasteiger partial charge < -0.3 is 9.05 Å². The zero-order valence-corrected chi connectivity index (χ0v) is 5.80. The summed E-state index contributed by atoms with van der Waals surface area (Å²) in [5.41, 5.74) is 0. The van der Waals surface area contributed by atoms with Crippen LogP contribution in [0.5, 0.6) is 0 Å². The highest BCUT2D eigenvalue weighted by atomic mass is 32.7. The summed E-state index contributed by atoms with van der Waals surface area (Å²) in [6, 6.07) is 0. The lowest BCUT2D eigenvalue weighted by molar-refractivity contribution is 0.323. The second-order valence-electron chi connectivity index (χ2n) is 1.07.